The molecule has 1 aliphatic carbocycles. The number of unbranched alkanes of at least 4 members (excludes halogenated alkanes) is 4. The van der Waals surface area contributed by atoms with E-state index in [0.717, 1.165) is 12.8 Å². The smallest absolute Gasteiger partial charge is 0.407 e. The number of hydrogen-bond donors (Lipinski definition) is 1. The summed E-state index contributed by atoms with van der Waals surface area (Å²) in [4.78, 5) is 23.9. The zero-order chi connectivity index (χ0) is 41.0. The molecule has 1 aliphatic rings. The zero-order valence-electron chi connectivity index (χ0n) is 34.8. The van der Waals surface area contributed by atoms with Crippen molar-refractivity contribution in [2.24, 2.45) is 0 Å². The Morgan fingerprint density at radius 3 is 1.31 bits per heavy atom. The topological polar surface area (TPSA) is 148 Å². The van der Waals surface area contributed by atoms with Crippen LogP contribution in [0.3, 0.4) is 0 Å². The quantitative estimate of drug-likeness (QED) is 0.0625. The Kier molecular flexibility index (Phi) is 29.4. The monoisotopic (exact) mass is 819 g/mol. The van der Waals surface area contributed by atoms with E-state index in [1.165, 1.54) is 41.5 Å². The van der Waals surface area contributed by atoms with Gasteiger partial charge < -0.3 is 57.4 Å². The molecule has 3 rings (SSSR count). The van der Waals surface area contributed by atoms with Crippen molar-refractivity contribution >= 4 is 12.1 Å². The van der Waals surface area contributed by atoms with Crippen LogP contribution in [-0.2, 0) is 56.9 Å². The third-order valence-corrected chi connectivity index (χ3v) is 9.03. The number of fused-ring (bicyclic) bond motifs is 3. The van der Waals surface area contributed by atoms with Crippen LogP contribution >= 0.6 is 0 Å². The molecule has 0 atom stereocenters. The van der Waals surface area contributed by atoms with E-state index in [-0.39, 0.29) is 18.5 Å². The average Bonchev–Trinajstić information content (AvgIpc) is 3.56. The van der Waals surface area contributed by atoms with Gasteiger partial charge in [0.25, 0.3) is 0 Å². The second kappa shape index (κ2) is 34.7. The molecule has 14 nitrogen and oxygen atoms in total. The lowest BCUT2D eigenvalue weighted by Gasteiger charge is -2.14. The lowest BCUT2D eigenvalue weighted by Crippen LogP contribution is -2.27. The number of ether oxygens (including phenoxy) is 11. The highest BCUT2D eigenvalue weighted by atomic mass is 16.6. The molecule has 0 spiro atoms. The summed E-state index contributed by atoms with van der Waals surface area (Å²) < 4.78 is 60.3. The van der Waals surface area contributed by atoms with Gasteiger partial charge in [0, 0.05) is 25.5 Å². The fourth-order valence-electron chi connectivity index (χ4n) is 6.03. The zero-order valence-corrected chi connectivity index (χ0v) is 34.8. The van der Waals surface area contributed by atoms with Gasteiger partial charge in [-0.25, -0.2) is 4.79 Å². The molecule has 14 heteroatoms. The SMILES string of the molecule is CCCCCCCC(=O)OCCOCCOCCOCCOCCOCCOCCOCCOCCOCCCNC(=O)OCC1c2ccccc2-c2ccccc21. The fraction of sp³-hybridized carbons (Fsp3) is 0.682. The van der Waals surface area contributed by atoms with Crippen LogP contribution in [0.25, 0.3) is 11.1 Å². The number of carbonyl (C=O) groups is 2. The van der Waals surface area contributed by atoms with Crippen LogP contribution in [0.5, 0.6) is 0 Å². The number of nitrogens with one attached hydrogen (secondary N) is 1. The first-order chi connectivity index (χ1) is 28.7. The molecule has 0 saturated carbocycles. The highest BCUT2D eigenvalue weighted by Gasteiger charge is 2.29. The lowest BCUT2D eigenvalue weighted by molar-refractivity contribution is -0.145. The number of carbonyl (C=O) groups excluding carboxylic acids is 2. The third-order valence-electron chi connectivity index (χ3n) is 9.03. The van der Waals surface area contributed by atoms with Gasteiger partial charge in [-0.15, -0.1) is 0 Å². The van der Waals surface area contributed by atoms with E-state index >= 15 is 0 Å². The summed E-state index contributed by atoms with van der Waals surface area (Å²) in [6.45, 7) is 11.8. The van der Waals surface area contributed by atoms with Crippen molar-refractivity contribution < 1.29 is 61.7 Å². The second-order valence-corrected chi connectivity index (χ2v) is 13.5. The largest absolute Gasteiger partial charge is 0.463 e. The standard InChI is InChI=1S/C44H69NO13/c1-2-3-4-5-6-16-43(46)57-36-35-56-34-33-55-32-31-54-30-29-53-28-27-52-26-25-51-24-23-50-22-21-49-20-19-48-18-11-17-45-44(47)58-37-42-40-14-9-7-12-38(40)39-13-8-10-15-41(39)42/h7-10,12-15,42H,2-6,11,16-37H2,1H3,(H,45,47). The fourth-order valence-corrected chi connectivity index (χ4v) is 6.03. The van der Waals surface area contributed by atoms with Crippen LogP contribution in [0.15, 0.2) is 48.5 Å². The summed E-state index contributed by atoms with van der Waals surface area (Å²) in [6, 6.07) is 16.6. The molecule has 0 fully saturated rings. The van der Waals surface area contributed by atoms with Crippen molar-refractivity contribution in [1.82, 2.24) is 5.32 Å². The first-order valence-electron chi connectivity index (χ1n) is 21.1. The van der Waals surface area contributed by atoms with Gasteiger partial charge in [-0.3, -0.25) is 4.79 Å². The van der Waals surface area contributed by atoms with Gasteiger partial charge in [-0.2, -0.15) is 0 Å². The molecule has 0 saturated heterocycles. The molecule has 0 aromatic heterocycles. The van der Waals surface area contributed by atoms with Crippen molar-refractivity contribution in [3.63, 3.8) is 0 Å². The van der Waals surface area contributed by atoms with Crippen LogP contribution in [0.2, 0.25) is 0 Å². The summed E-state index contributed by atoms with van der Waals surface area (Å²) in [5.74, 6) is -0.104. The van der Waals surface area contributed by atoms with Gasteiger partial charge in [0.15, 0.2) is 0 Å². The second-order valence-electron chi connectivity index (χ2n) is 13.5. The minimum atomic E-state index is -0.417. The Bertz CT molecular complexity index is 1270. The normalized spacial score (nSPS) is 12.1. The molecular weight excluding hydrogens is 750 g/mol. The molecular formula is C44H69NO13. The van der Waals surface area contributed by atoms with Crippen molar-refractivity contribution in [2.75, 3.05) is 139 Å². The van der Waals surface area contributed by atoms with Gasteiger partial charge in [-0.1, -0.05) is 81.1 Å². The van der Waals surface area contributed by atoms with Gasteiger partial charge in [0.1, 0.15) is 13.2 Å². The van der Waals surface area contributed by atoms with E-state index in [2.05, 4.69) is 36.5 Å². The number of amides is 1. The number of rotatable bonds is 39. The predicted octanol–water partition coefficient (Wildman–Crippen LogP) is 5.97. The molecule has 0 bridgehead atoms. The number of alkyl carbamates (subject to hydrolysis) is 1. The van der Waals surface area contributed by atoms with Crippen molar-refractivity contribution in [1.29, 1.82) is 0 Å². The first-order valence-corrected chi connectivity index (χ1v) is 21.1. The van der Waals surface area contributed by atoms with E-state index in [1.54, 1.807) is 0 Å². The maximum Gasteiger partial charge on any atom is 0.407 e. The molecule has 1 amide bonds. The molecule has 0 unspecified atom stereocenters. The highest BCUT2D eigenvalue weighted by Crippen LogP contribution is 2.44. The number of hydrogen-bond acceptors (Lipinski definition) is 13. The van der Waals surface area contributed by atoms with Gasteiger partial charge in [-0.05, 0) is 35.1 Å². The molecule has 0 heterocycles. The molecule has 0 radical (unpaired) electrons. The maximum atomic E-state index is 12.3. The van der Waals surface area contributed by atoms with E-state index in [0.29, 0.717) is 145 Å². The third kappa shape index (κ3) is 23.4. The summed E-state index contributed by atoms with van der Waals surface area (Å²) in [5.41, 5.74) is 4.80. The Balaban J connectivity index is 0.937. The number of esters is 1. The summed E-state index contributed by atoms with van der Waals surface area (Å²) >= 11 is 0. The predicted molar refractivity (Wildman–Crippen MR) is 219 cm³/mol. The van der Waals surface area contributed by atoms with Crippen LogP contribution in [0.1, 0.15) is 68.9 Å². The minimum Gasteiger partial charge on any atom is -0.463 e. The van der Waals surface area contributed by atoms with Crippen molar-refractivity contribution in [2.45, 2.75) is 57.8 Å². The average molecular weight is 820 g/mol. The lowest BCUT2D eigenvalue weighted by atomic mass is 9.98. The molecule has 0 aliphatic heterocycles. The maximum absolute atomic E-state index is 12.3. The molecule has 2 aromatic rings. The van der Waals surface area contributed by atoms with E-state index in [4.69, 9.17) is 52.1 Å². The van der Waals surface area contributed by atoms with Crippen LogP contribution in [-0.4, -0.2) is 151 Å². The first kappa shape index (κ1) is 49.2. The molecule has 328 valence electrons. The van der Waals surface area contributed by atoms with Gasteiger partial charge >= 0.3 is 12.1 Å². The summed E-state index contributed by atoms with van der Waals surface area (Å²) in [7, 11) is 0. The summed E-state index contributed by atoms with van der Waals surface area (Å²) in [5, 5.41) is 2.81. The van der Waals surface area contributed by atoms with E-state index in [9.17, 15) is 9.59 Å². The van der Waals surface area contributed by atoms with Crippen molar-refractivity contribution in [3.8, 4) is 11.1 Å². The molecule has 2 aromatic carbocycles. The Morgan fingerprint density at radius 2 is 0.862 bits per heavy atom. The highest BCUT2D eigenvalue weighted by molar-refractivity contribution is 5.79. The minimum absolute atomic E-state index is 0.0471. The van der Waals surface area contributed by atoms with Crippen LogP contribution < -0.4 is 5.32 Å². The van der Waals surface area contributed by atoms with Crippen LogP contribution in [0, 0.1) is 0 Å². The Morgan fingerprint density at radius 1 is 0.466 bits per heavy atom. The van der Waals surface area contributed by atoms with Gasteiger partial charge in [0.05, 0.1) is 112 Å². The van der Waals surface area contributed by atoms with E-state index < -0.39 is 6.09 Å². The Labute approximate surface area is 345 Å². The van der Waals surface area contributed by atoms with Crippen molar-refractivity contribution in [3.05, 3.63) is 59.7 Å². The molecule has 1 N–H and O–H groups in total. The Hall–Kier alpha value is -3.18. The summed E-state index contributed by atoms with van der Waals surface area (Å²) in [6.07, 6.45) is 6.31. The van der Waals surface area contributed by atoms with Gasteiger partial charge in [0.2, 0.25) is 0 Å². The number of benzene rings is 2. The molecule has 58 heavy (non-hydrogen) atoms. The van der Waals surface area contributed by atoms with Crippen LogP contribution in [0.4, 0.5) is 4.79 Å². The van der Waals surface area contributed by atoms with E-state index in [1.807, 2.05) is 24.3 Å².